The van der Waals surface area contributed by atoms with Gasteiger partial charge in [0.05, 0.1) is 23.8 Å². The maximum atomic E-state index is 13.5. The molecule has 5 aromatic carbocycles. The van der Waals surface area contributed by atoms with Crippen molar-refractivity contribution < 1.29 is 33.3 Å². The zero-order valence-corrected chi connectivity index (χ0v) is 27.2. The van der Waals surface area contributed by atoms with E-state index in [0.29, 0.717) is 0 Å². The number of esters is 2. The smallest absolute Gasteiger partial charge is 0.338 e. The Bertz CT molecular complexity index is 1790. The van der Waals surface area contributed by atoms with Crippen molar-refractivity contribution in [2.24, 2.45) is 5.11 Å². The van der Waals surface area contributed by atoms with Gasteiger partial charge in [-0.25, -0.2) is 9.59 Å². The quantitative estimate of drug-likeness (QED) is 0.0442. The second-order valence-electron chi connectivity index (χ2n) is 11.5. The van der Waals surface area contributed by atoms with Gasteiger partial charge in [0.2, 0.25) is 0 Å². The first-order chi connectivity index (χ1) is 24.5. The molecule has 0 saturated carbocycles. The summed E-state index contributed by atoms with van der Waals surface area (Å²) in [6.07, 6.45) is -4.88. The van der Waals surface area contributed by atoms with Gasteiger partial charge >= 0.3 is 11.9 Å². The van der Waals surface area contributed by atoms with Gasteiger partial charge in [-0.05, 0) is 46.5 Å². The number of azide groups is 1. The molecule has 252 valence electrons. The van der Waals surface area contributed by atoms with Crippen molar-refractivity contribution in [3.8, 4) is 0 Å². The molecule has 0 spiro atoms. The Kier molecular flexibility index (Phi) is 11.0. The molecule has 0 bridgehead atoms. The molecule has 1 saturated heterocycles. The van der Waals surface area contributed by atoms with Crippen LogP contribution in [0.4, 0.5) is 0 Å². The van der Waals surface area contributed by atoms with E-state index < -0.39 is 48.2 Å². The molecule has 6 rings (SSSR count). The van der Waals surface area contributed by atoms with E-state index in [9.17, 15) is 15.1 Å². The minimum absolute atomic E-state index is 0.152. The molecule has 0 amide bonds. The molecule has 5 atom stereocenters. The maximum Gasteiger partial charge on any atom is 0.338 e. The van der Waals surface area contributed by atoms with Gasteiger partial charge in [0.15, 0.2) is 18.5 Å². The fourth-order valence-electron chi connectivity index (χ4n) is 6.19. The van der Waals surface area contributed by atoms with Crippen molar-refractivity contribution >= 4 is 11.9 Å². The number of rotatable bonds is 12. The van der Waals surface area contributed by atoms with Crippen LogP contribution in [0.1, 0.15) is 37.4 Å². The minimum atomic E-state index is -1.32. The van der Waals surface area contributed by atoms with E-state index in [0.717, 1.165) is 16.7 Å². The Morgan fingerprint density at radius 3 is 1.46 bits per heavy atom. The van der Waals surface area contributed by atoms with Crippen LogP contribution in [0.5, 0.6) is 0 Å². The Hall–Kier alpha value is -5.77. The van der Waals surface area contributed by atoms with E-state index in [4.69, 9.17) is 23.7 Å². The van der Waals surface area contributed by atoms with Crippen LogP contribution in [-0.4, -0.2) is 56.3 Å². The van der Waals surface area contributed by atoms with E-state index in [2.05, 4.69) is 10.0 Å². The van der Waals surface area contributed by atoms with Crippen LogP contribution >= 0.6 is 0 Å². The van der Waals surface area contributed by atoms with Crippen molar-refractivity contribution in [3.05, 3.63) is 190 Å². The lowest BCUT2D eigenvalue weighted by Gasteiger charge is -2.44. The summed E-state index contributed by atoms with van der Waals surface area (Å²) in [7, 11) is 1.39. The summed E-state index contributed by atoms with van der Waals surface area (Å²) in [5, 5.41) is 4.06. The minimum Gasteiger partial charge on any atom is -0.454 e. The highest BCUT2D eigenvalue weighted by atomic mass is 16.7. The third-order valence-electron chi connectivity index (χ3n) is 8.55. The molecule has 1 heterocycles. The van der Waals surface area contributed by atoms with Gasteiger partial charge in [-0.3, -0.25) is 0 Å². The van der Waals surface area contributed by atoms with Gasteiger partial charge in [-0.15, -0.1) is 0 Å². The molecule has 10 nitrogen and oxygen atoms in total. The number of carbonyl (C=O) groups excluding carboxylic acids is 2. The van der Waals surface area contributed by atoms with Crippen molar-refractivity contribution in [1.82, 2.24) is 0 Å². The Morgan fingerprint density at radius 1 is 0.660 bits per heavy atom. The first kappa shape index (κ1) is 34.1. The molecule has 0 aliphatic carbocycles. The lowest BCUT2D eigenvalue weighted by Crippen LogP contribution is -2.61. The molecule has 1 fully saturated rings. The maximum absolute atomic E-state index is 13.5. The standard InChI is InChI=1S/C40H35N3O7/c1-46-39-36(50-38(45)29-19-9-3-10-20-29)35(49-37(44)28-17-7-2-8-18-28)34(42-43-41)33(48-39)27-47-40(30-21-11-4-12-22-30,31-23-13-5-14-24-31)32-25-15-6-16-26-32/h2-26,33-36,39H,27H2,1H3/t33-,34-,35-,36+,39+/m1/s1. The highest BCUT2D eigenvalue weighted by molar-refractivity contribution is 5.90. The number of ether oxygens (including phenoxy) is 5. The number of methoxy groups -OCH3 is 1. The highest BCUT2D eigenvalue weighted by Crippen LogP contribution is 2.41. The van der Waals surface area contributed by atoms with Crippen molar-refractivity contribution in [3.63, 3.8) is 0 Å². The molecule has 0 unspecified atom stereocenters. The molecule has 1 aliphatic rings. The fourth-order valence-corrected chi connectivity index (χ4v) is 6.19. The normalized spacial score (nSPS) is 20.2. The predicted molar refractivity (Wildman–Crippen MR) is 185 cm³/mol. The molecular weight excluding hydrogens is 634 g/mol. The summed E-state index contributed by atoms with van der Waals surface area (Å²) in [4.78, 5) is 30.0. The molecule has 1 aliphatic heterocycles. The molecule has 0 radical (unpaired) electrons. The van der Waals surface area contributed by atoms with Crippen LogP contribution in [-0.2, 0) is 29.3 Å². The summed E-state index contributed by atoms with van der Waals surface area (Å²) < 4.78 is 31.1. The summed E-state index contributed by atoms with van der Waals surface area (Å²) in [6, 6.07) is 44.8. The molecule has 50 heavy (non-hydrogen) atoms. The third kappa shape index (κ3) is 7.29. The topological polar surface area (TPSA) is 129 Å². The monoisotopic (exact) mass is 669 g/mol. The first-order valence-electron chi connectivity index (χ1n) is 16.1. The van der Waals surface area contributed by atoms with Crippen molar-refractivity contribution in [2.75, 3.05) is 13.7 Å². The SMILES string of the molecule is CO[C@H]1O[C@H](COC(c2ccccc2)(c2ccccc2)c2ccccc2)[C@@H](N=[N+]=[N-])[C@@H](OC(=O)c2ccccc2)[C@@H]1OC(=O)c1ccccc1. The van der Waals surface area contributed by atoms with Gasteiger partial charge in [0, 0.05) is 12.0 Å². The lowest BCUT2D eigenvalue weighted by molar-refractivity contribution is -0.272. The van der Waals surface area contributed by atoms with Crippen LogP contribution in [0.2, 0.25) is 0 Å². The van der Waals surface area contributed by atoms with Gasteiger partial charge in [0.25, 0.3) is 0 Å². The lowest BCUT2D eigenvalue weighted by atomic mass is 9.80. The number of hydrogen-bond acceptors (Lipinski definition) is 8. The Morgan fingerprint density at radius 2 is 1.06 bits per heavy atom. The summed E-state index contributed by atoms with van der Waals surface area (Å²) >= 11 is 0. The average Bonchev–Trinajstić information content (AvgIpc) is 3.18. The largest absolute Gasteiger partial charge is 0.454 e. The van der Waals surface area contributed by atoms with Crippen molar-refractivity contribution in [1.29, 1.82) is 0 Å². The Balaban J connectivity index is 1.41. The predicted octanol–water partition coefficient (Wildman–Crippen LogP) is 7.50. The summed E-state index contributed by atoms with van der Waals surface area (Å²) in [6.45, 7) is -0.152. The van der Waals surface area contributed by atoms with Crippen LogP contribution in [0.15, 0.2) is 157 Å². The van der Waals surface area contributed by atoms with Crippen LogP contribution in [0.25, 0.3) is 10.4 Å². The zero-order chi connectivity index (χ0) is 34.8. The zero-order valence-electron chi connectivity index (χ0n) is 27.2. The molecular formula is C40H35N3O7. The molecule has 10 heteroatoms. The fraction of sp³-hybridized carbons (Fsp3) is 0.200. The molecule has 0 aromatic heterocycles. The molecule has 0 N–H and O–H groups in total. The highest BCUT2D eigenvalue weighted by Gasteiger charge is 2.51. The number of nitrogens with zero attached hydrogens (tertiary/aromatic N) is 3. The molecule has 5 aromatic rings. The van der Waals surface area contributed by atoms with Crippen LogP contribution in [0.3, 0.4) is 0 Å². The van der Waals surface area contributed by atoms with E-state index in [-0.39, 0.29) is 17.7 Å². The van der Waals surface area contributed by atoms with E-state index in [1.807, 2.05) is 91.0 Å². The second-order valence-corrected chi connectivity index (χ2v) is 11.5. The van der Waals surface area contributed by atoms with E-state index in [1.165, 1.54) is 7.11 Å². The second kappa shape index (κ2) is 16.1. The number of carbonyl (C=O) groups is 2. The van der Waals surface area contributed by atoms with Crippen LogP contribution in [0, 0.1) is 0 Å². The van der Waals surface area contributed by atoms with Crippen molar-refractivity contribution in [2.45, 2.75) is 36.2 Å². The average molecular weight is 670 g/mol. The number of benzene rings is 5. The van der Waals surface area contributed by atoms with Gasteiger partial charge < -0.3 is 23.7 Å². The van der Waals surface area contributed by atoms with Crippen LogP contribution < -0.4 is 0 Å². The summed E-state index contributed by atoms with van der Waals surface area (Å²) in [5.41, 5.74) is 11.7. The Labute approximate surface area is 289 Å². The number of hydrogen-bond donors (Lipinski definition) is 0. The van der Waals surface area contributed by atoms with E-state index in [1.54, 1.807) is 60.7 Å². The third-order valence-corrected chi connectivity index (χ3v) is 8.55. The van der Waals surface area contributed by atoms with Gasteiger partial charge in [0.1, 0.15) is 11.6 Å². The van der Waals surface area contributed by atoms with Gasteiger partial charge in [-0.1, -0.05) is 133 Å². The first-order valence-corrected chi connectivity index (χ1v) is 16.1. The van der Waals surface area contributed by atoms with E-state index >= 15 is 0 Å². The van der Waals surface area contributed by atoms with Gasteiger partial charge in [-0.2, -0.15) is 0 Å². The summed E-state index contributed by atoms with van der Waals surface area (Å²) in [5.74, 6) is -1.41.